The Balaban J connectivity index is 2.68. The van der Waals surface area contributed by atoms with E-state index in [1.165, 1.54) is 12.0 Å². The zero-order chi connectivity index (χ0) is 12.7. The number of methoxy groups -OCH3 is 1. The molecule has 0 radical (unpaired) electrons. The van der Waals surface area contributed by atoms with Crippen LogP contribution in [0.25, 0.3) is 0 Å². The molecule has 1 unspecified atom stereocenters. The molecule has 0 amide bonds. The Morgan fingerprint density at radius 3 is 2.29 bits per heavy atom. The Labute approximate surface area is 105 Å². The SMILES string of the molecule is CCCNCC(c1ccc(OC)cc1)C(C)C. The van der Waals surface area contributed by atoms with Crippen molar-refractivity contribution in [3.8, 4) is 5.75 Å². The summed E-state index contributed by atoms with van der Waals surface area (Å²) in [6.45, 7) is 8.91. The van der Waals surface area contributed by atoms with Gasteiger partial charge in [-0.2, -0.15) is 0 Å². The standard InChI is InChI=1S/C15H25NO/c1-5-10-16-11-15(12(2)3)13-6-8-14(17-4)9-7-13/h6-9,12,15-16H,5,10-11H2,1-4H3. The molecule has 1 aromatic carbocycles. The lowest BCUT2D eigenvalue weighted by molar-refractivity contribution is 0.413. The molecule has 1 N–H and O–H groups in total. The molecule has 0 saturated carbocycles. The van der Waals surface area contributed by atoms with Crippen LogP contribution in [0.15, 0.2) is 24.3 Å². The molecule has 2 nitrogen and oxygen atoms in total. The Morgan fingerprint density at radius 1 is 1.18 bits per heavy atom. The van der Waals surface area contributed by atoms with Gasteiger partial charge in [-0.25, -0.2) is 0 Å². The summed E-state index contributed by atoms with van der Waals surface area (Å²) in [7, 11) is 1.71. The molecule has 0 heterocycles. The van der Waals surface area contributed by atoms with Crippen LogP contribution in [0.4, 0.5) is 0 Å². The Bertz CT molecular complexity index is 305. The van der Waals surface area contributed by atoms with Crippen LogP contribution in [0.3, 0.4) is 0 Å². The zero-order valence-electron chi connectivity index (χ0n) is 11.5. The summed E-state index contributed by atoms with van der Waals surface area (Å²) in [5.41, 5.74) is 1.39. The van der Waals surface area contributed by atoms with Gasteiger partial charge in [0.2, 0.25) is 0 Å². The predicted molar refractivity (Wildman–Crippen MR) is 73.7 cm³/mol. The minimum atomic E-state index is 0.576. The third-order valence-corrected chi connectivity index (χ3v) is 3.14. The van der Waals surface area contributed by atoms with E-state index >= 15 is 0 Å². The maximum atomic E-state index is 5.19. The van der Waals surface area contributed by atoms with Gasteiger partial charge in [0.1, 0.15) is 5.75 Å². The fourth-order valence-corrected chi connectivity index (χ4v) is 2.02. The topological polar surface area (TPSA) is 21.3 Å². The van der Waals surface area contributed by atoms with Crippen LogP contribution < -0.4 is 10.1 Å². The third-order valence-electron chi connectivity index (χ3n) is 3.14. The highest BCUT2D eigenvalue weighted by Crippen LogP contribution is 2.25. The van der Waals surface area contributed by atoms with Gasteiger partial charge in [0.25, 0.3) is 0 Å². The van der Waals surface area contributed by atoms with Crippen molar-refractivity contribution >= 4 is 0 Å². The van der Waals surface area contributed by atoms with Crippen LogP contribution in [0, 0.1) is 5.92 Å². The molecule has 0 bridgehead atoms. The van der Waals surface area contributed by atoms with Gasteiger partial charge in [-0.15, -0.1) is 0 Å². The summed E-state index contributed by atoms with van der Waals surface area (Å²) >= 11 is 0. The van der Waals surface area contributed by atoms with E-state index in [1.54, 1.807) is 7.11 Å². The van der Waals surface area contributed by atoms with Gasteiger partial charge in [0, 0.05) is 6.54 Å². The van der Waals surface area contributed by atoms with Crippen molar-refractivity contribution in [2.75, 3.05) is 20.2 Å². The molecule has 0 fully saturated rings. The van der Waals surface area contributed by atoms with E-state index in [2.05, 4.69) is 38.2 Å². The number of hydrogen-bond donors (Lipinski definition) is 1. The quantitative estimate of drug-likeness (QED) is 0.731. The second-order valence-corrected chi connectivity index (χ2v) is 4.83. The van der Waals surface area contributed by atoms with E-state index in [9.17, 15) is 0 Å². The van der Waals surface area contributed by atoms with Crippen molar-refractivity contribution in [2.45, 2.75) is 33.1 Å². The molecule has 0 spiro atoms. The van der Waals surface area contributed by atoms with Gasteiger partial charge in [0.15, 0.2) is 0 Å². The molecule has 1 aromatic rings. The third kappa shape index (κ3) is 4.39. The minimum Gasteiger partial charge on any atom is -0.497 e. The highest BCUT2D eigenvalue weighted by Gasteiger charge is 2.15. The molecule has 0 aromatic heterocycles. The van der Waals surface area contributed by atoms with Crippen LogP contribution in [0.5, 0.6) is 5.75 Å². The molecule has 17 heavy (non-hydrogen) atoms. The maximum absolute atomic E-state index is 5.19. The van der Waals surface area contributed by atoms with Gasteiger partial charge in [-0.1, -0.05) is 32.9 Å². The normalized spacial score (nSPS) is 12.8. The first-order chi connectivity index (χ1) is 8.19. The van der Waals surface area contributed by atoms with E-state index in [4.69, 9.17) is 4.74 Å². The van der Waals surface area contributed by atoms with Gasteiger partial charge in [-0.3, -0.25) is 0 Å². The Morgan fingerprint density at radius 2 is 1.82 bits per heavy atom. The maximum Gasteiger partial charge on any atom is 0.118 e. The van der Waals surface area contributed by atoms with Gasteiger partial charge in [-0.05, 0) is 42.5 Å². The molecule has 2 heteroatoms. The highest BCUT2D eigenvalue weighted by atomic mass is 16.5. The molecule has 0 aliphatic rings. The van der Waals surface area contributed by atoms with E-state index in [0.717, 1.165) is 18.8 Å². The fraction of sp³-hybridized carbons (Fsp3) is 0.600. The monoisotopic (exact) mass is 235 g/mol. The Kier molecular flexibility index (Phi) is 6.06. The van der Waals surface area contributed by atoms with Crippen molar-refractivity contribution in [1.29, 1.82) is 0 Å². The second kappa shape index (κ2) is 7.33. The van der Waals surface area contributed by atoms with E-state index in [0.29, 0.717) is 11.8 Å². The number of benzene rings is 1. The molecular weight excluding hydrogens is 210 g/mol. The average Bonchev–Trinajstić information content (AvgIpc) is 2.34. The molecule has 1 rings (SSSR count). The Hall–Kier alpha value is -1.02. The first-order valence-electron chi connectivity index (χ1n) is 6.53. The van der Waals surface area contributed by atoms with E-state index < -0.39 is 0 Å². The van der Waals surface area contributed by atoms with E-state index in [1.807, 2.05) is 12.1 Å². The highest BCUT2D eigenvalue weighted by molar-refractivity contribution is 5.29. The molecule has 96 valence electrons. The number of hydrogen-bond acceptors (Lipinski definition) is 2. The van der Waals surface area contributed by atoms with Gasteiger partial charge < -0.3 is 10.1 Å². The number of ether oxygens (including phenoxy) is 1. The molecular formula is C15H25NO. The van der Waals surface area contributed by atoms with Crippen molar-refractivity contribution in [3.05, 3.63) is 29.8 Å². The van der Waals surface area contributed by atoms with Crippen molar-refractivity contribution in [3.63, 3.8) is 0 Å². The lowest BCUT2D eigenvalue weighted by Crippen LogP contribution is -2.25. The lowest BCUT2D eigenvalue weighted by Gasteiger charge is -2.22. The van der Waals surface area contributed by atoms with Crippen LogP contribution in [0.2, 0.25) is 0 Å². The molecule has 1 atom stereocenters. The summed E-state index contributed by atoms with van der Waals surface area (Å²) < 4.78 is 5.19. The summed E-state index contributed by atoms with van der Waals surface area (Å²) in [5, 5.41) is 3.51. The van der Waals surface area contributed by atoms with Crippen molar-refractivity contribution in [1.82, 2.24) is 5.32 Å². The van der Waals surface area contributed by atoms with Crippen LogP contribution in [0.1, 0.15) is 38.7 Å². The molecule has 0 saturated heterocycles. The molecule has 0 aliphatic heterocycles. The minimum absolute atomic E-state index is 0.576. The number of rotatable bonds is 7. The van der Waals surface area contributed by atoms with Crippen LogP contribution in [-0.4, -0.2) is 20.2 Å². The number of nitrogens with one attached hydrogen (secondary N) is 1. The zero-order valence-corrected chi connectivity index (χ0v) is 11.5. The largest absolute Gasteiger partial charge is 0.497 e. The predicted octanol–water partition coefficient (Wildman–Crippen LogP) is 3.43. The van der Waals surface area contributed by atoms with E-state index in [-0.39, 0.29) is 0 Å². The summed E-state index contributed by atoms with van der Waals surface area (Å²) in [4.78, 5) is 0. The van der Waals surface area contributed by atoms with Crippen molar-refractivity contribution in [2.24, 2.45) is 5.92 Å². The molecule has 0 aliphatic carbocycles. The van der Waals surface area contributed by atoms with Gasteiger partial charge in [0.05, 0.1) is 7.11 Å². The fourth-order valence-electron chi connectivity index (χ4n) is 2.02. The summed E-state index contributed by atoms with van der Waals surface area (Å²) in [6.07, 6.45) is 1.19. The first kappa shape index (κ1) is 14.0. The smallest absolute Gasteiger partial charge is 0.118 e. The second-order valence-electron chi connectivity index (χ2n) is 4.83. The van der Waals surface area contributed by atoms with Crippen molar-refractivity contribution < 1.29 is 4.74 Å². The van der Waals surface area contributed by atoms with Gasteiger partial charge >= 0.3 is 0 Å². The summed E-state index contributed by atoms with van der Waals surface area (Å²) in [6, 6.07) is 8.45. The van der Waals surface area contributed by atoms with Crippen LogP contribution >= 0.6 is 0 Å². The average molecular weight is 235 g/mol. The van der Waals surface area contributed by atoms with Crippen LogP contribution in [-0.2, 0) is 0 Å². The first-order valence-corrected chi connectivity index (χ1v) is 6.53. The lowest BCUT2D eigenvalue weighted by atomic mass is 9.88. The summed E-state index contributed by atoms with van der Waals surface area (Å²) in [5.74, 6) is 2.15.